The molecule has 0 saturated heterocycles. The molecule has 0 aliphatic carbocycles. The molecule has 0 aromatic heterocycles. The molecule has 0 bridgehead atoms. The first-order chi connectivity index (χ1) is 12.8. The van der Waals surface area contributed by atoms with Crippen LogP contribution in [0, 0.1) is 13.8 Å². The second kappa shape index (κ2) is 9.38. The number of aryl methyl sites for hydroxylation is 2. The summed E-state index contributed by atoms with van der Waals surface area (Å²) in [4.78, 5) is 22.4. The summed E-state index contributed by atoms with van der Waals surface area (Å²) in [5.74, 6) is -0.666. The van der Waals surface area contributed by atoms with Crippen LogP contribution < -0.4 is 20.0 Å². The highest BCUT2D eigenvalue weighted by Gasteiger charge is 2.06. The molecule has 1 amide bonds. The fraction of sp³-hybridized carbons (Fsp3) is 0.250. The van der Waals surface area contributed by atoms with Crippen LogP contribution in [0.2, 0.25) is 0 Å². The lowest BCUT2D eigenvalue weighted by Gasteiger charge is -2.10. The van der Waals surface area contributed by atoms with Gasteiger partial charge in [0.05, 0.1) is 11.7 Å². The molecule has 2 aromatic rings. The molecule has 142 valence electrons. The highest BCUT2D eigenvalue weighted by atomic mass is 16.5. The van der Waals surface area contributed by atoms with Crippen LogP contribution in [0.1, 0.15) is 23.6 Å². The lowest BCUT2D eigenvalue weighted by atomic mass is 10.1. The minimum Gasteiger partial charge on any atom is -0.546 e. The quantitative estimate of drug-likeness (QED) is 0.559. The largest absolute Gasteiger partial charge is 0.546 e. The summed E-state index contributed by atoms with van der Waals surface area (Å²) >= 11 is 0. The van der Waals surface area contributed by atoms with E-state index >= 15 is 0 Å². The fourth-order valence-corrected chi connectivity index (χ4v) is 2.20. The smallest absolute Gasteiger partial charge is 0.277 e. The van der Waals surface area contributed by atoms with E-state index in [1.165, 1.54) is 0 Å². The number of carbonyl (C=O) groups is 2. The van der Waals surface area contributed by atoms with Gasteiger partial charge in [-0.25, -0.2) is 5.43 Å². The Morgan fingerprint density at radius 2 is 1.85 bits per heavy atom. The number of hydrogen-bond acceptors (Lipinski definition) is 6. The van der Waals surface area contributed by atoms with Crippen LogP contribution in [0.3, 0.4) is 0 Å². The van der Waals surface area contributed by atoms with Crippen LogP contribution in [-0.2, 0) is 9.59 Å². The molecule has 0 unspecified atom stereocenters. The molecular weight excluding hydrogens is 348 g/mol. The molecule has 27 heavy (non-hydrogen) atoms. The Labute approximate surface area is 157 Å². The van der Waals surface area contributed by atoms with Crippen LogP contribution in [0.5, 0.6) is 11.5 Å². The zero-order valence-corrected chi connectivity index (χ0v) is 15.4. The van der Waals surface area contributed by atoms with E-state index in [2.05, 4.69) is 10.5 Å². The number of benzene rings is 2. The Hall–Kier alpha value is -3.35. The normalized spacial score (nSPS) is 11.0. The van der Waals surface area contributed by atoms with E-state index in [1.54, 1.807) is 31.2 Å². The van der Waals surface area contributed by atoms with E-state index in [0.29, 0.717) is 22.8 Å². The summed E-state index contributed by atoms with van der Waals surface area (Å²) in [6.45, 7) is 4.88. The van der Waals surface area contributed by atoms with Gasteiger partial charge in [0.1, 0.15) is 18.1 Å². The van der Waals surface area contributed by atoms with E-state index in [4.69, 9.17) is 9.47 Å². The number of amides is 1. The van der Waals surface area contributed by atoms with Crippen molar-refractivity contribution in [3.63, 3.8) is 0 Å². The van der Waals surface area contributed by atoms with Gasteiger partial charge in [-0.15, -0.1) is 0 Å². The number of ether oxygens (including phenoxy) is 2. The topological polar surface area (TPSA) is 100 Å². The van der Waals surface area contributed by atoms with Crippen molar-refractivity contribution in [2.24, 2.45) is 5.10 Å². The van der Waals surface area contributed by atoms with Gasteiger partial charge in [0.15, 0.2) is 6.61 Å². The summed E-state index contributed by atoms with van der Waals surface area (Å²) in [5, 5.41) is 14.5. The third kappa shape index (κ3) is 6.47. The molecule has 0 aliphatic rings. The van der Waals surface area contributed by atoms with Crippen molar-refractivity contribution in [1.82, 2.24) is 5.43 Å². The first-order valence-corrected chi connectivity index (χ1v) is 8.31. The SMILES string of the molecule is C/C(=N/NC(=O)COc1cc(C)ccc1C)c1cccc(OCC(=O)[O-])c1. The standard InChI is InChI=1S/C20H22N2O5/c1-13-7-8-14(2)18(9-13)27-11-19(23)22-21-15(3)16-5-4-6-17(10-16)26-12-20(24)25/h4-10H,11-12H2,1-3H3,(H,22,23)(H,24,25)/p-1/b21-15-. The van der Waals surface area contributed by atoms with Gasteiger partial charge in [-0.3, -0.25) is 4.79 Å². The molecule has 2 aromatic carbocycles. The molecule has 7 nitrogen and oxygen atoms in total. The van der Waals surface area contributed by atoms with Gasteiger partial charge in [-0.1, -0.05) is 24.3 Å². The number of nitrogens with one attached hydrogen (secondary N) is 1. The maximum atomic E-state index is 12.0. The zero-order valence-electron chi connectivity index (χ0n) is 15.4. The summed E-state index contributed by atoms with van der Waals surface area (Å²) < 4.78 is 10.6. The number of rotatable bonds is 8. The van der Waals surface area contributed by atoms with Gasteiger partial charge in [-0.2, -0.15) is 5.10 Å². The first kappa shape index (κ1) is 20.0. The number of carboxylic acids is 1. The second-order valence-electron chi connectivity index (χ2n) is 5.98. The lowest BCUT2D eigenvalue weighted by molar-refractivity contribution is -0.307. The Kier molecular flexibility index (Phi) is 6.93. The summed E-state index contributed by atoms with van der Waals surface area (Å²) in [5.41, 5.74) is 5.64. The van der Waals surface area contributed by atoms with Crippen molar-refractivity contribution in [2.75, 3.05) is 13.2 Å². The van der Waals surface area contributed by atoms with Gasteiger partial charge in [0.25, 0.3) is 5.91 Å². The van der Waals surface area contributed by atoms with E-state index < -0.39 is 12.6 Å². The minimum atomic E-state index is -1.30. The number of hydrazone groups is 1. The van der Waals surface area contributed by atoms with Crippen LogP contribution in [-0.4, -0.2) is 30.8 Å². The van der Waals surface area contributed by atoms with Crippen molar-refractivity contribution in [3.05, 3.63) is 59.2 Å². The fourth-order valence-electron chi connectivity index (χ4n) is 2.20. The van der Waals surface area contributed by atoms with Crippen molar-refractivity contribution in [1.29, 1.82) is 0 Å². The molecule has 0 aliphatic heterocycles. The van der Waals surface area contributed by atoms with Crippen LogP contribution in [0.4, 0.5) is 0 Å². The maximum absolute atomic E-state index is 12.0. The molecule has 0 atom stereocenters. The Bertz CT molecular complexity index is 861. The zero-order chi connectivity index (χ0) is 19.8. The average molecular weight is 369 g/mol. The number of aliphatic carboxylic acids is 1. The number of carboxylic acid groups (broad SMARTS) is 1. The lowest BCUT2D eigenvalue weighted by Crippen LogP contribution is -2.29. The monoisotopic (exact) mass is 369 g/mol. The Morgan fingerprint density at radius 3 is 2.59 bits per heavy atom. The Balaban J connectivity index is 1.92. The van der Waals surface area contributed by atoms with Crippen molar-refractivity contribution in [3.8, 4) is 11.5 Å². The molecule has 1 N–H and O–H groups in total. The van der Waals surface area contributed by atoms with Crippen LogP contribution in [0.25, 0.3) is 0 Å². The van der Waals surface area contributed by atoms with Crippen LogP contribution in [0.15, 0.2) is 47.6 Å². The van der Waals surface area contributed by atoms with Gasteiger partial charge in [0, 0.05) is 5.56 Å². The van der Waals surface area contributed by atoms with Gasteiger partial charge >= 0.3 is 0 Å². The summed E-state index contributed by atoms with van der Waals surface area (Å²) in [6.07, 6.45) is 0. The van der Waals surface area contributed by atoms with Gasteiger partial charge in [0.2, 0.25) is 0 Å². The van der Waals surface area contributed by atoms with E-state index in [1.807, 2.05) is 32.0 Å². The predicted molar refractivity (Wildman–Crippen MR) is 98.7 cm³/mol. The van der Waals surface area contributed by atoms with Gasteiger partial charge < -0.3 is 19.4 Å². The van der Waals surface area contributed by atoms with Crippen molar-refractivity contribution < 1.29 is 24.2 Å². The first-order valence-electron chi connectivity index (χ1n) is 8.31. The average Bonchev–Trinajstić information content (AvgIpc) is 2.65. The molecule has 7 heteroatoms. The molecule has 0 radical (unpaired) electrons. The summed E-state index contributed by atoms with van der Waals surface area (Å²) in [6, 6.07) is 12.5. The van der Waals surface area contributed by atoms with E-state index in [-0.39, 0.29) is 12.5 Å². The second-order valence-corrected chi connectivity index (χ2v) is 5.98. The van der Waals surface area contributed by atoms with E-state index in [9.17, 15) is 14.7 Å². The molecule has 0 fully saturated rings. The molecule has 0 saturated carbocycles. The maximum Gasteiger partial charge on any atom is 0.277 e. The summed E-state index contributed by atoms with van der Waals surface area (Å²) in [7, 11) is 0. The van der Waals surface area contributed by atoms with Crippen LogP contribution >= 0.6 is 0 Å². The third-order valence-electron chi connectivity index (χ3n) is 3.66. The number of nitrogens with zero attached hydrogens (tertiary/aromatic N) is 1. The minimum absolute atomic E-state index is 0.157. The molecular formula is C20H21N2O5-. The van der Waals surface area contributed by atoms with Gasteiger partial charge in [-0.05, 0) is 50.1 Å². The molecule has 2 rings (SSSR count). The highest BCUT2D eigenvalue weighted by molar-refractivity contribution is 5.99. The Morgan fingerprint density at radius 1 is 1.07 bits per heavy atom. The van der Waals surface area contributed by atoms with E-state index in [0.717, 1.165) is 11.1 Å². The third-order valence-corrected chi connectivity index (χ3v) is 3.66. The predicted octanol–water partition coefficient (Wildman–Crippen LogP) is 1.35. The van der Waals surface area contributed by atoms with Crippen molar-refractivity contribution in [2.45, 2.75) is 20.8 Å². The molecule has 0 spiro atoms. The highest BCUT2D eigenvalue weighted by Crippen LogP contribution is 2.18. The number of carbonyl (C=O) groups excluding carboxylic acids is 2. The van der Waals surface area contributed by atoms with Crippen molar-refractivity contribution >= 4 is 17.6 Å². The molecule has 0 heterocycles. The number of hydrogen-bond donors (Lipinski definition) is 1.